The van der Waals surface area contributed by atoms with E-state index in [1.165, 1.54) is 27.6 Å². The number of nitrogens with two attached hydrogens (primary N) is 1. The lowest BCUT2D eigenvalue weighted by Gasteiger charge is -2.13. The van der Waals surface area contributed by atoms with Crippen LogP contribution in [0.2, 0.25) is 0 Å². The van der Waals surface area contributed by atoms with Crippen molar-refractivity contribution in [3.8, 4) is 0 Å². The van der Waals surface area contributed by atoms with Crippen molar-refractivity contribution in [3.05, 3.63) is 35.0 Å². The third-order valence-electron chi connectivity index (χ3n) is 4.91. The van der Waals surface area contributed by atoms with E-state index in [4.69, 9.17) is 10.5 Å². The quantitative estimate of drug-likeness (QED) is 0.799. The Labute approximate surface area is 139 Å². The topological polar surface area (TPSA) is 43.4 Å². The van der Waals surface area contributed by atoms with Crippen molar-refractivity contribution in [2.24, 2.45) is 18.7 Å². The molecule has 4 nitrogen and oxygen atoms in total. The zero-order valence-corrected chi connectivity index (χ0v) is 14.6. The van der Waals surface area contributed by atoms with Gasteiger partial charge in [0.2, 0.25) is 0 Å². The fraction of sp³-hybridized carbons (Fsp3) is 0.579. The molecule has 1 atom stereocenters. The monoisotopic (exact) mass is 315 g/mol. The first-order valence-corrected chi connectivity index (χ1v) is 8.72. The van der Waals surface area contributed by atoms with Crippen LogP contribution < -0.4 is 5.73 Å². The lowest BCUT2D eigenvalue weighted by atomic mass is 9.99. The van der Waals surface area contributed by atoms with E-state index in [-0.39, 0.29) is 0 Å². The summed E-state index contributed by atoms with van der Waals surface area (Å²) < 4.78 is 7.75. The maximum atomic E-state index is 5.81. The number of rotatable bonds is 7. The summed E-state index contributed by atoms with van der Waals surface area (Å²) in [5, 5.41) is 1.40. The molecule has 1 unspecified atom stereocenters. The summed E-state index contributed by atoms with van der Waals surface area (Å²) in [6.07, 6.45) is 3.33. The molecule has 4 heteroatoms. The Hall–Kier alpha value is -1.36. The summed E-state index contributed by atoms with van der Waals surface area (Å²) in [7, 11) is 2.15. The molecule has 1 aromatic heterocycles. The van der Waals surface area contributed by atoms with E-state index in [1.807, 2.05) is 0 Å². The van der Waals surface area contributed by atoms with Gasteiger partial charge in [0.25, 0.3) is 0 Å². The number of benzene rings is 1. The minimum absolute atomic E-state index is 0.525. The minimum Gasteiger partial charge on any atom is -0.380 e. The van der Waals surface area contributed by atoms with E-state index in [0.717, 1.165) is 45.8 Å². The van der Waals surface area contributed by atoms with Crippen LogP contribution in [0.3, 0.4) is 0 Å². The molecule has 0 spiro atoms. The van der Waals surface area contributed by atoms with E-state index < -0.39 is 0 Å². The van der Waals surface area contributed by atoms with E-state index in [0.29, 0.717) is 5.92 Å². The SMILES string of the molecule is CCOCCN1Cc2cc3c(CC(C)CN)cn(C)c3cc2C1. The second-order valence-electron chi connectivity index (χ2n) is 6.86. The molecule has 0 fully saturated rings. The maximum absolute atomic E-state index is 5.81. The third-order valence-corrected chi connectivity index (χ3v) is 4.91. The van der Waals surface area contributed by atoms with Gasteiger partial charge in [0, 0.05) is 50.4 Å². The zero-order chi connectivity index (χ0) is 16.4. The molecule has 0 radical (unpaired) electrons. The number of fused-ring (bicyclic) bond motifs is 2. The van der Waals surface area contributed by atoms with Crippen molar-refractivity contribution in [2.45, 2.75) is 33.4 Å². The number of hydrogen-bond acceptors (Lipinski definition) is 3. The fourth-order valence-corrected chi connectivity index (χ4v) is 3.55. The van der Waals surface area contributed by atoms with Gasteiger partial charge in [-0.25, -0.2) is 0 Å². The van der Waals surface area contributed by atoms with Gasteiger partial charge in [-0.2, -0.15) is 0 Å². The van der Waals surface area contributed by atoms with Gasteiger partial charge in [0.05, 0.1) is 6.61 Å². The Morgan fingerprint density at radius 2 is 2.00 bits per heavy atom. The second-order valence-corrected chi connectivity index (χ2v) is 6.86. The van der Waals surface area contributed by atoms with Gasteiger partial charge in [0.15, 0.2) is 0 Å². The van der Waals surface area contributed by atoms with E-state index in [1.54, 1.807) is 0 Å². The fourth-order valence-electron chi connectivity index (χ4n) is 3.55. The van der Waals surface area contributed by atoms with Gasteiger partial charge in [-0.1, -0.05) is 6.92 Å². The van der Waals surface area contributed by atoms with E-state index >= 15 is 0 Å². The minimum atomic E-state index is 0.525. The summed E-state index contributed by atoms with van der Waals surface area (Å²) in [4.78, 5) is 2.47. The van der Waals surface area contributed by atoms with Gasteiger partial charge in [-0.3, -0.25) is 4.90 Å². The van der Waals surface area contributed by atoms with Gasteiger partial charge >= 0.3 is 0 Å². The lowest BCUT2D eigenvalue weighted by Crippen LogP contribution is -2.21. The first kappa shape index (κ1) is 16.5. The maximum Gasteiger partial charge on any atom is 0.0593 e. The molecule has 0 bridgehead atoms. The van der Waals surface area contributed by atoms with Crippen LogP contribution in [0.25, 0.3) is 10.9 Å². The molecule has 0 saturated carbocycles. The highest BCUT2D eigenvalue weighted by Gasteiger charge is 2.21. The highest BCUT2D eigenvalue weighted by Crippen LogP contribution is 2.31. The van der Waals surface area contributed by atoms with Crippen molar-refractivity contribution >= 4 is 10.9 Å². The molecule has 0 amide bonds. The molecular formula is C19H29N3O. The highest BCUT2D eigenvalue weighted by molar-refractivity contribution is 5.85. The van der Waals surface area contributed by atoms with Crippen LogP contribution in [-0.4, -0.2) is 35.8 Å². The van der Waals surface area contributed by atoms with Crippen LogP contribution >= 0.6 is 0 Å². The Bertz CT molecular complexity index is 677. The van der Waals surface area contributed by atoms with E-state index in [9.17, 15) is 0 Å². The number of nitrogens with zero attached hydrogens (tertiary/aromatic N) is 2. The summed E-state index contributed by atoms with van der Waals surface area (Å²) in [5.41, 5.74) is 11.5. The van der Waals surface area contributed by atoms with Gasteiger partial charge < -0.3 is 15.0 Å². The Morgan fingerprint density at radius 3 is 2.70 bits per heavy atom. The number of aryl methyl sites for hydroxylation is 1. The third kappa shape index (κ3) is 3.44. The van der Waals surface area contributed by atoms with Crippen LogP contribution in [0.15, 0.2) is 18.3 Å². The van der Waals surface area contributed by atoms with Crippen molar-refractivity contribution < 1.29 is 4.74 Å². The van der Waals surface area contributed by atoms with Crippen molar-refractivity contribution in [1.29, 1.82) is 0 Å². The van der Waals surface area contributed by atoms with Crippen molar-refractivity contribution in [2.75, 3.05) is 26.3 Å². The van der Waals surface area contributed by atoms with E-state index in [2.05, 4.69) is 48.7 Å². The van der Waals surface area contributed by atoms with Crippen molar-refractivity contribution in [1.82, 2.24) is 9.47 Å². The summed E-state index contributed by atoms with van der Waals surface area (Å²) in [5.74, 6) is 0.525. The molecule has 1 aliphatic rings. The van der Waals surface area contributed by atoms with Gasteiger partial charge in [0.1, 0.15) is 0 Å². The Morgan fingerprint density at radius 1 is 1.26 bits per heavy atom. The molecule has 1 aliphatic heterocycles. The van der Waals surface area contributed by atoms with Crippen LogP contribution in [-0.2, 0) is 31.3 Å². The molecule has 0 aliphatic carbocycles. The lowest BCUT2D eigenvalue weighted by molar-refractivity contribution is 0.113. The van der Waals surface area contributed by atoms with Crippen LogP contribution in [0.5, 0.6) is 0 Å². The molecular weight excluding hydrogens is 286 g/mol. The normalized spacial score (nSPS) is 16.2. The molecule has 2 aromatic rings. The number of hydrogen-bond donors (Lipinski definition) is 1. The molecule has 2 N–H and O–H groups in total. The molecule has 1 aromatic carbocycles. The van der Waals surface area contributed by atoms with Crippen LogP contribution in [0.1, 0.15) is 30.5 Å². The van der Waals surface area contributed by atoms with Gasteiger partial charge in [-0.05, 0) is 54.6 Å². The molecule has 3 rings (SSSR count). The molecule has 2 heterocycles. The predicted octanol–water partition coefficient (Wildman–Crippen LogP) is 2.67. The first-order chi connectivity index (χ1) is 11.1. The zero-order valence-electron chi connectivity index (χ0n) is 14.6. The standard InChI is InChI=1S/C19H29N3O/c1-4-23-6-5-22-12-15-8-18-17(7-14(2)10-20)11-21(3)19(18)9-16(15)13-22/h8-9,11,14H,4-7,10,12-13,20H2,1-3H3. The van der Waals surface area contributed by atoms with Crippen molar-refractivity contribution in [3.63, 3.8) is 0 Å². The summed E-state index contributed by atoms with van der Waals surface area (Å²) in [6, 6.07) is 4.78. The molecule has 126 valence electrons. The van der Waals surface area contributed by atoms with Crippen LogP contribution in [0.4, 0.5) is 0 Å². The number of aromatic nitrogens is 1. The first-order valence-electron chi connectivity index (χ1n) is 8.72. The summed E-state index contributed by atoms with van der Waals surface area (Å²) >= 11 is 0. The molecule has 23 heavy (non-hydrogen) atoms. The molecule has 0 saturated heterocycles. The average Bonchev–Trinajstić information content (AvgIpc) is 3.06. The smallest absolute Gasteiger partial charge is 0.0593 e. The van der Waals surface area contributed by atoms with Gasteiger partial charge in [-0.15, -0.1) is 0 Å². The number of ether oxygens (including phenoxy) is 1. The van der Waals surface area contributed by atoms with Crippen LogP contribution in [0, 0.1) is 5.92 Å². The average molecular weight is 315 g/mol. The Kier molecular flexibility index (Phi) is 5.05. The highest BCUT2D eigenvalue weighted by atomic mass is 16.5. The largest absolute Gasteiger partial charge is 0.380 e. The Balaban J connectivity index is 1.83. The second kappa shape index (κ2) is 7.04. The summed E-state index contributed by atoms with van der Waals surface area (Å²) in [6.45, 7) is 9.73. The predicted molar refractivity (Wildman–Crippen MR) is 95.4 cm³/mol.